The molecule has 0 heterocycles. The van der Waals surface area contributed by atoms with Gasteiger partial charge in [-0.2, -0.15) is 0 Å². The number of aliphatic hydroxyl groups is 1. The lowest BCUT2D eigenvalue weighted by atomic mass is 9.90. The molecule has 0 saturated carbocycles. The minimum atomic E-state index is -0.389. The highest BCUT2D eigenvalue weighted by molar-refractivity contribution is 5.25. The maximum Gasteiger partial charge on any atom is 0.0646 e. The van der Waals surface area contributed by atoms with Gasteiger partial charge in [0.25, 0.3) is 0 Å². The van der Waals surface area contributed by atoms with E-state index in [1.807, 2.05) is 54.6 Å². The van der Waals surface area contributed by atoms with E-state index in [9.17, 15) is 5.11 Å². The first-order valence-electron chi connectivity index (χ1n) is 6.70. The average molecular weight is 252 g/mol. The Morgan fingerprint density at radius 1 is 0.947 bits per heavy atom. The van der Waals surface area contributed by atoms with Crippen LogP contribution in [0.2, 0.25) is 0 Å². The van der Waals surface area contributed by atoms with Crippen molar-refractivity contribution < 1.29 is 5.11 Å². The number of benzene rings is 2. The fourth-order valence-electron chi connectivity index (χ4n) is 2.33. The molecular weight excluding hydrogens is 232 g/mol. The van der Waals surface area contributed by atoms with Crippen molar-refractivity contribution in [2.45, 2.75) is 24.9 Å². The Morgan fingerprint density at radius 3 is 2.11 bits per heavy atom. The van der Waals surface area contributed by atoms with Crippen molar-refractivity contribution in [1.82, 2.24) is 0 Å². The molecule has 1 nitrogen and oxygen atoms in total. The van der Waals surface area contributed by atoms with Gasteiger partial charge < -0.3 is 5.11 Å². The van der Waals surface area contributed by atoms with E-state index in [1.54, 1.807) is 0 Å². The summed E-state index contributed by atoms with van der Waals surface area (Å²) in [6, 6.07) is 20.3. The monoisotopic (exact) mass is 252 g/mol. The Hall–Kier alpha value is -1.86. The fourth-order valence-corrected chi connectivity index (χ4v) is 2.33. The van der Waals surface area contributed by atoms with Crippen LogP contribution in [0.5, 0.6) is 0 Å². The lowest BCUT2D eigenvalue weighted by molar-refractivity contribution is 0.149. The summed E-state index contributed by atoms with van der Waals surface area (Å²) < 4.78 is 0. The molecule has 0 aliphatic heterocycles. The van der Waals surface area contributed by atoms with Crippen LogP contribution >= 0.6 is 0 Å². The SMILES string of the molecule is C=CC(c1ccccc1)C(O)CCc1ccccc1. The van der Waals surface area contributed by atoms with E-state index >= 15 is 0 Å². The standard InChI is InChI=1S/C18H20O/c1-2-17(16-11-7-4-8-12-16)18(19)14-13-15-9-5-3-6-10-15/h2-12,17-19H,1,13-14H2. The largest absolute Gasteiger partial charge is 0.392 e. The lowest BCUT2D eigenvalue weighted by Gasteiger charge is -2.20. The second-order valence-corrected chi connectivity index (χ2v) is 4.76. The number of hydrogen-bond donors (Lipinski definition) is 1. The van der Waals surface area contributed by atoms with E-state index in [0.717, 1.165) is 18.4 Å². The summed E-state index contributed by atoms with van der Waals surface area (Å²) >= 11 is 0. The highest BCUT2D eigenvalue weighted by Gasteiger charge is 2.17. The van der Waals surface area contributed by atoms with Crippen molar-refractivity contribution in [2.75, 3.05) is 0 Å². The van der Waals surface area contributed by atoms with Crippen molar-refractivity contribution in [1.29, 1.82) is 0 Å². The first-order chi connectivity index (χ1) is 9.31. The second kappa shape index (κ2) is 6.91. The molecule has 2 atom stereocenters. The van der Waals surface area contributed by atoms with E-state index in [4.69, 9.17) is 0 Å². The van der Waals surface area contributed by atoms with Crippen LogP contribution in [-0.2, 0) is 6.42 Å². The molecule has 0 spiro atoms. The van der Waals surface area contributed by atoms with Gasteiger partial charge in [-0.15, -0.1) is 6.58 Å². The third kappa shape index (κ3) is 3.80. The maximum absolute atomic E-state index is 10.4. The van der Waals surface area contributed by atoms with Crippen molar-refractivity contribution in [2.24, 2.45) is 0 Å². The van der Waals surface area contributed by atoms with Gasteiger partial charge in [-0.05, 0) is 24.0 Å². The molecule has 0 amide bonds. The Kier molecular flexibility index (Phi) is 4.93. The van der Waals surface area contributed by atoms with Crippen LogP contribution in [0.1, 0.15) is 23.5 Å². The van der Waals surface area contributed by atoms with Gasteiger partial charge in [-0.25, -0.2) is 0 Å². The van der Waals surface area contributed by atoms with Crippen molar-refractivity contribution >= 4 is 0 Å². The van der Waals surface area contributed by atoms with Crippen LogP contribution in [0.25, 0.3) is 0 Å². The zero-order valence-electron chi connectivity index (χ0n) is 11.1. The summed E-state index contributed by atoms with van der Waals surface area (Å²) in [6.45, 7) is 3.85. The molecule has 1 N–H and O–H groups in total. The summed E-state index contributed by atoms with van der Waals surface area (Å²) in [5.41, 5.74) is 2.38. The highest BCUT2D eigenvalue weighted by Crippen LogP contribution is 2.23. The molecule has 0 aromatic heterocycles. The minimum absolute atomic E-state index is 0.00455. The normalized spacial score (nSPS) is 13.7. The number of aliphatic hydroxyl groups excluding tert-OH is 1. The van der Waals surface area contributed by atoms with Crippen molar-refractivity contribution in [3.05, 3.63) is 84.4 Å². The smallest absolute Gasteiger partial charge is 0.0646 e. The van der Waals surface area contributed by atoms with E-state index in [0.29, 0.717) is 0 Å². The predicted octanol–water partition coefficient (Wildman–Crippen LogP) is 3.95. The van der Waals surface area contributed by atoms with Crippen LogP contribution in [0, 0.1) is 0 Å². The summed E-state index contributed by atoms with van der Waals surface area (Å²) in [6.07, 6.45) is 3.08. The third-order valence-electron chi connectivity index (χ3n) is 3.42. The molecule has 2 rings (SSSR count). The topological polar surface area (TPSA) is 20.2 Å². The maximum atomic E-state index is 10.4. The molecule has 2 aromatic carbocycles. The molecule has 0 fully saturated rings. The van der Waals surface area contributed by atoms with Gasteiger partial charge >= 0.3 is 0 Å². The number of aryl methyl sites for hydroxylation is 1. The first kappa shape index (κ1) is 13.6. The van der Waals surface area contributed by atoms with E-state index in [1.165, 1.54) is 5.56 Å². The highest BCUT2D eigenvalue weighted by atomic mass is 16.3. The fraction of sp³-hybridized carbons (Fsp3) is 0.222. The third-order valence-corrected chi connectivity index (χ3v) is 3.42. The van der Waals surface area contributed by atoms with Crippen LogP contribution in [0.4, 0.5) is 0 Å². The van der Waals surface area contributed by atoms with E-state index in [2.05, 4.69) is 18.7 Å². The molecule has 0 radical (unpaired) electrons. The van der Waals surface area contributed by atoms with Gasteiger partial charge in [0.1, 0.15) is 0 Å². The second-order valence-electron chi connectivity index (χ2n) is 4.76. The van der Waals surface area contributed by atoms with Crippen LogP contribution in [-0.4, -0.2) is 11.2 Å². The minimum Gasteiger partial charge on any atom is -0.392 e. The zero-order valence-corrected chi connectivity index (χ0v) is 11.1. The molecule has 19 heavy (non-hydrogen) atoms. The van der Waals surface area contributed by atoms with Crippen molar-refractivity contribution in [3.8, 4) is 0 Å². The molecule has 98 valence electrons. The summed E-state index contributed by atoms with van der Waals surface area (Å²) in [7, 11) is 0. The van der Waals surface area contributed by atoms with Gasteiger partial charge in [0.15, 0.2) is 0 Å². The Labute approximate surface area is 115 Å². The Bertz CT molecular complexity index is 490. The lowest BCUT2D eigenvalue weighted by Crippen LogP contribution is -2.17. The molecular formula is C18H20O. The van der Waals surface area contributed by atoms with Gasteiger partial charge in [-0.3, -0.25) is 0 Å². The van der Waals surface area contributed by atoms with Gasteiger partial charge in [-0.1, -0.05) is 66.7 Å². The van der Waals surface area contributed by atoms with Gasteiger partial charge in [0.05, 0.1) is 6.10 Å². The number of hydrogen-bond acceptors (Lipinski definition) is 1. The summed E-state index contributed by atoms with van der Waals surface area (Å²) in [5, 5.41) is 10.4. The average Bonchev–Trinajstić information content (AvgIpc) is 2.48. The van der Waals surface area contributed by atoms with Crippen LogP contribution in [0.3, 0.4) is 0 Å². The summed E-state index contributed by atoms with van der Waals surface area (Å²) in [5.74, 6) is 0.00455. The predicted molar refractivity (Wildman–Crippen MR) is 80.1 cm³/mol. The molecule has 0 aliphatic rings. The molecule has 0 saturated heterocycles. The van der Waals surface area contributed by atoms with Crippen LogP contribution in [0.15, 0.2) is 73.3 Å². The molecule has 2 unspecified atom stereocenters. The Balaban J connectivity index is 1.98. The zero-order chi connectivity index (χ0) is 13.5. The molecule has 2 aromatic rings. The van der Waals surface area contributed by atoms with Gasteiger partial charge in [0.2, 0.25) is 0 Å². The van der Waals surface area contributed by atoms with E-state index < -0.39 is 0 Å². The number of rotatable bonds is 6. The molecule has 1 heteroatoms. The van der Waals surface area contributed by atoms with Crippen molar-refractivity contribution in [3.63, 3.8) is 0 Å². The van der Waals surface area contributed by atoms with E-state index in [-0.39, 0.29) is 12.0 Å². The Morgan fingerprint density at radius 2 is 1.53 bits per heavy atom. The summed E-state index contributed by atoms with van der Waals surface area (Å²) in [4.78, 5) is 0. The first-order valence-corrected chi connectivity index (χ1v) is 6.70. The van der Waals surface area contributed by atoms with Crippen LogP contribution < -0.4 is 0 Å². The molecule has 0 aliphatic carbocycles. The quantitative estimate of drug-likeness (QED) is 0.772. The van der Waals surface area contributed by atoms with Gasteiger partial charge in [0, 0.05) is 5.92 Å². The molecule has 0 bridgehead atoms.